The number of carbonyl (C=O) groups excluding carboxylic acids is 1. The summed E-state index contributed by atoms with van der Waals surface area (Å²) in [4.78, 5) is 12.2. The lowest BCUT2D eigenvalue weighted by Gasteiger charge is -2.15. The normalized spacial score (nSPS) is 12.7. The first-order chi connectivity index (χ1) is 10.3. The molecule has 1 atom stereocenters. The van der Waals surface area contributed by atoms with E-state index in [-0.39, 0.29) is 16.8 Å². The molecule has 2 aromatic rings. The van der Waals surface area contributed by atoms with Crippen molar-refractivity contribution < 1.29 is 13.2 Å². The third-order valence-corrected chi connectivity index (χ3v) is 4.26. The molecule has 0 aliphatic carbocycles. The van der Waals surface area contributed by atoms with Gasteiger partial charge in [0, 0.05) is 5.56 Å². The largest absolute Gasteiger partial charge is 0.346 e. The van der Waals surface area contributed by atoms with Gasteiger partial charge in [-0.15, -0.1) is 0 Å². The summed E-state index contributed by atoms with van der Waals surface area (Å²) in [5, 5.41) is 7.95. The Morgan fingerprint density at radius 1 is 1.14 bits per heavy atom. The molecule has 0 aliphatic heterocycles. The number of rotatable bonds is 4. The summed E-state index contributed by atoms with van der Waals surface area (Å²) in [6.07, 6.45) is 0. The van der Waals surface area contributed by atoms with Crippen LogP contribution in [0.25, 0.3) is 0 Å². The van der Waals surface area contributed by atoms with Crippen LogP contribution in [0.15, 0.2) is 53.4 Å². The average molecular weight is 318 g/mol. The second-order valence-electron chi connectivity index (χ2n) is 5.18. The van der Waals surface area contributed by atoms with E-state index in [0.717, 1.165) is 5.56 Å². The van der Waals surface area contributed by atoms with Crippen LogP contribution in [0, 0.1) is 6.92 Å². The Morgan fingerprint density at radius 2 is 1.77 bits per heavy atom. The summed E-state index contributed by atoms with van der Waals surface area (Å²) in [6.45, 7) is 3.73. The number of amides is 1. The Kier molecular flexibility index (Phi) is 4.63. The van der Waals surface area contributed by atoms with Gasteiger partial charge in [-0.2, -0.15) is 0 Å². The topological polar surface area (TPSA) is 89.3 Å². The average Bonchev–Trinajstić information content (AvgIpc) is 2.47. The van der Waals surface area contributed by atoms with Crippen molar-refractivity contribution in [1.82, 2.24) is 5.32 Å². The first-order valence-electron chi connectivity index (χ1n) is 6.77. The molecule has 0 radical (unpaired) electrons. The minimum Gasteiger partial charge on any atom is -0.346 e. The summed E-state index contributed by atoms with van der Waals surface area (Å²) < 4.78 is 22.7. The van der Waals surface area contributed by atoms with E-state index < -0.39 is 10.0 Å². The van der Waals surface area contributed by atoms with Gasteiger partial charge in [0.25, 0.3) is 5.91 Å². The number of hydrogen-bond acceptors (Lipinski definition) is 3. The molecule has 0 heterocycles. The Morgan fingerprint density at radius 3 is 2.36 bits per heavy atom. The first kappa shape index (κ1) is 16.2. The number of nitrogens with two attached hydrogens (primary N) is 1. The maximum absolute atomic E-state index is 12.2. The molecule has 3 N–H and O–H groups in total. The highest BCUT2D eigenvalue weighted by Crippen LogP contribution is 2.17. The van der Waals surface area contributed by atoms with Gasteiger partial charge < -0.3 is 5.32 Å². The molecular weight excluding hydrogens is 300 g/mol. The van der Waals surface area contributed by atoms with Crippen molar-refractivity contribution in [2.45, 2.75) is 24.8 Å². The molecule has 22 heavy (non-hydrogen) atoms. The molecule has 116 valence electrons. The van der Waals surface area contributed by atoms with E-state index in [1.165, 1.54) is 12.1 Å². The first-order valence-corrected chi connectivity index (χ1v) is 8.32. The van der Waals surface area contributed by atoms with Crippen molar-refractivity contribution in [3.63, 3.8) is 0 Å². The number of nitrogens with one attached hydrogen (secondary N) is 1. The van der Waals surface area contributed by atoms with Gasteiger partial charge in [-0.3, -0.25) is 4.79 Å². The lowest BCUT2D eigenvalue weighted by Crippen LogP contribution is -2.26. The van der Waals surface area contributed by atoms with Crippen molar-refractivity contribution in [3.8, 4) is 0 Å². The third kappa shape index (κ3) is 3.93. The summed E-state index contributed by atoms with van der Waals surface area (Å²) in [5.74, 6) is -0.214. The van der Waals surface area contributed by atoms with Crippen LogP contribution in [0.4, 0.5) is 0 Å². The molecule has 5 nitrogen and oxygen atoms in total. The van der Waals surface area contributed by atoms with Crippen molar-refractivity contribution in [2.24, 2.45) is 5.14 Å². The van der Waals surface area contributed by atoms with Crippen LogP contribution in [0.1, 0.15) is 34.5 Å². The molecule has 0 saturated heterocycles. The van der Waals surface area contributed by atoms with Gasteiger partial charge >= 0.3 is 0 Å². The number of primary sulfonamides is 1. The highest BCUT2D eigenvalue weighted by Gasteiger charge is 2.14. The maximum atomic E-state index is 12.2. The minimum atomic E-state index is -3.76. The number of carbonyl (C=O) groups is 1. The van der Waals surface area contributed by atoms with E-state index >= 15 is 0 Å². The molecule has 2 aromatic carbocycles. The van der Waals surface area contributed by atoms with Crippen molar-refractivity contribution >= 4 is 15.9 Å². The molecule has 0 aliphatic rings. The minimum absolute atomic E-state index is 0.0291. The Balaban J connectivity index is 2.17. The number of sulfonamides is 1. The van der Waals surface area contributed by atoms with E-state index in [1.807, 2.05) is 19.1 Å². The van der Waals surface area contributed by atoms with E-state index in [0.29, 0.717) is 11.1 Å². The molecule has 0 bridgehead atoms. The Labute approximate surface area is 130 Å². The standard InChI is InChI=1S/C16H18N2O3S/c1-11-6-8-13(9-7-11)16(19)18-12(2)14-4-3-5-15(10-14)22(17,20)21/h3-10,12H,1-2H3,(H,18,19)(H2,17,20,21). The van der Waals surface area contributed by atoms with Gasteiger partial charge in [0.05, 0.1) is 10.9 Å². The second-order valence-corrected chi connectivity index (χ2v) is 6.74. The Hall–Kier alpha value is -2.18. The van der Waals surface area contributed by atoms with Crippen LogP contribution >= 0.6 is 0 Å². The zero-order valence-corrected chi connectivity index (χ0v) is 13.2. The van der Waals surface area contributed by atoms with Crippen LogP contribution in [-0.2, 0) is 10.0 Å². The third-order valence-electron chi connectivity index (χ3n) is 3.35. The van der Waals surface area contributed by atoms with E-state index in [4.69, 9.17) is 5.14 Å². The van der Waals surface area contributed by atoms with Gasteiger partial charge in [-0.05, 0) is 43.7 Å². The van der Waals surface area contributed by atoms with Gasteiger partial charge in [-0.1, -0.05) is 29.8 Å². The second kappa shape index (κ2) is 6.29. The van der Waals surface area contributed by atoms with Gasteiger partial charge in [0.2, 0.25) is 10.0 Å². The van der Waals surface area contributed by atoms with Crippen LogP contribution in [-0.4, -0.2) is 14.3 Å². The molecule has 2 rings (SSSR count). The number of aryl methyl sites for hydroxylation is 1. The summed E-state index contributed by atoms with van der Waals surface area (Å²) in [5.41, 5.74) is 2.30. The van der Waals surface area contributed by atoms with Crippen LogP contribution in [0.2, 0.25) is 0 Å². The van der Waals surface area contributed by atoms with Gasteiger partial charge in [-0.25, -0.2) is 13.6 Å². The molecule has 1 amide bonds. The molecule has 6 heteroatoms. The highest BCUT2D eigenvalue weighted by atomic mass is 32.2. The molecule has 0 saturated carbocycles. The summed E-state index contributed by atoms with van der Waals surface area (Å²) in [7, 11) is -3.76. The SMILES string of the molecule is Cc1ccc(C(=O)NC(C)c2cccc(S(N)(=O)=O)c2)cc1. The molecule has 0 fully saturated rings. The van der Waals surface area contributed by atoms with E-state index in [9.17, 15) is 13.2 Å². The zero-order chi connectivity index (χ0) is 16.3. The zero-order valence-electron chi connectivity index (χ0n) is 12.4. The molecule has 0 spiro atoms. The van der Waals surface area contributed by atoms with E-state index in [2.05, 4.69) is 5.32 Å². The fraction of sp³-hybridized carbons (Fsp3) is 0.188. The van der Waals surface area contributed by atoms with Crippen LogP contribution in [0.3, 0.4) is 0 Å². The fourth-order valence-electron chi connectivity index (χ4n) is 2.03. The highest BCUT2D eigenvalue weighted by molar-refractivity contribution is 7.89. The Bertz CT molecular complexity index is 783. The lowest BCUT2D eigenvalue weighted by molar-refractivity contribution is 0.0940. The molecule has 0 aromatic heterocycles. The predicted octanol–water partition coefficient (Wildman–Crippen LogP) is 2.13. The van der Waals surface area contributed by atoms with Gasteiger partial charge in [0.15, 0.2) is 0 Å². The van der Waals surface area contributed by atoms with Crippen molar-refractivity contribution in [3.05, 3.63) is 65.2 Å². The predicted molar refractivity (Wildman–Crippen MR) is 84.9 cm³/mol. The van der Waals surface area contributed by atoms with Crippen LogP contribution < -0.4 is 10.5 Å². The number of benzene rings is 2. The quantitative estimate of drug-likeness (QED) is 0.905. The molecular formula is C16H18N2O3S. The number of hydrogen-bond donors (Lipinski definition) is 2. The maximum Gasteiger partial charge on any atom is 0.251 e. The molecule has 1 unspecified atom stereocenters. The van der Waals surface area contributed by atoms with Gasteiger partial charge in [0.1, 0.15) is 0 Å². The van der Waals surface area contributed by atoms with E-state index in [1.54, 1.807) is 31.2 Å². The smallest absolute Gasteiger partial charge is 0.251 e. The van der Waals surface area contributed by atoms with Crippen molar-refractivity contribution in [1.29, 1.82) is 0 Å². The van der Waals surface area contributed by atoms with Crippen LogP contribution in [0.5, 0.6) is 0 Å². The van der Waals surface area contributed by atoms with Crippen molar-refractivity contribution in [2.75, 3.05) is 0 Å². The lowest BCUT2D eigenvalue weighted by atomic mass is 10.1. The fourth-order valence-corrected chi connectivity index (χ4v) is 2.60. The summed E-state index contributed by atoms with van der Waals surface area (Å²) in [6, 6.07) is 13.1. The monoisotopic (exact) mass is 318 g/mol. The summed E-state index contributed by atoms with van der Waals surface area (Å²) >= 11 is 0.